The second-order valence-corrected chi connectivity index (χ2v) is 6.21. The van der Waals surface area contributed by atoms with E-state index in [1.807, 2.05) is 30.3 Å². The standard InChI is InChI=1S/C22H14F2N2O2/c23-18-8-4-7-17(19(18)24)21-20(26-22(27)28-21)16-11-15(12-25-13-16)10-9-14-5-2-1-3-6-14/h1-8,11-13,20-21H,(H,26,27). The number of halogens is 2. The highest BCUT2D eigenvalue weighted by molar-refractivity contribution is 5.71. The average molecular weight is 376 g/mol. The van der Waals surface area contributed by atoms with Crippen LogP contribution < -0.4 is 5.32 Å². The van der Waals surface area contributed by atoms with Crippen molar-refractivity contribution in [1.29, 1.82) is 0 Å². The largest absolute Gasteiger partial charge is 0.439 e. The Balaban J connectivity index is 1.67. The molecule has 2 unspecified atom stereocenters. The highest BCUT2D eigenvalue weighted by atomic mass is 19.2. The number of nitrogens with one attached hydrogen (secondary N) is 1. The van der Waals surface area contributed by atoms with E-state index in [-0.39, 0.29) is 5.56 Å². The van der Waals surface area contributed by atoms with Gasteiger partial charge in [-0.2, -0.15) is 0 Å². The number of rotatable bonds is 2. The van der Waals surface area contributed by atoms with Gasteiger partial charge in [-0.05, 0) is 29.8 Å². The van der Waals surface area contributed by atoms with Crippen LogP contribution in [0.15, 0.2) is 67.0 Å². The van der Waals surface area contributed by atoms with Gasteiger partial charge in [0.1, 0.15) is 6.04 Å². The molecule has 138 valence electrons. The fraction of sp³-hybridized carbons (Fsp3) is 0.0909. The minimum Gasteiger partial charge on any atom is -0.439 e. The molecule has 28 heavy (non-hydrogen) atoms. The molecule has 6 heteroatoms. The van der Waals surface area contributed by atoms with Gasteiger partial charge >= 0.3 is 6.09 Å². The summed E-state index contributed by atoms with van der Waals surface area (Å²) in [7, 11) is 0. The number of pyridine rings is 1. The number of ether oxygens (including phenoxy) is 1. The van der Waals surface area contributed by atoms with E-state index in [2.05, 4.69) is 22.1 Å². The molecule has 0 aliphatic carbocycles. The maximum atomic E-state index is 14.2. The van der Waals surface area contributed by atoms with Gasteiger partial charge in [-0.1, -0.05) is 42.2 Å². The van der Waals surface area contributed by atoms with Gasteiger partial charge in [-0.15, -0.1) is 0 Å². The number of alkyl carbamates (subject to hydrolysis) is 1. The molecule has 1 N–H and O–H groups in total. The second kappa shape index (κ2) is 7.49. The van der Waals surface area contributed by atoms with E-state index in [1.54, 1.807) is 12.3 Å². The molecule has 3 aromatic rings. The van der Waals surface area contributed by atoms with Gasteiger partial charge in [0.25, 0.3) is 0 Å². The highest BCUT2D eigenvalue weighted by Gasteiger charge is 2.38. The van der Waals surface area contributed by atoms with Gasteiger partial charge in [0.05, 0.1) is 0 Å². The van der Waals surface area contributed by atoms with Crippen LogP contribution in [-0.2, 0) is 4.74 Å². The van der Waals surface area contributed by atoms with Crippen LogP contribution in [0, 0.1) is 23.5 Å². The number of amides is 1. The predicted octanol–water partition coefficient (Wildman–Crippen LogP) is 4.28. The van der Waals surface area contributed by atoms with Crippen LogP contribution in [0.5, 0.6) is 0 Å². The number of carbonyl (C=O) groups is 1. The van der Waals surface area contributed by atoms with Crippen molar-refractivity contribution in [3.63, 3.8) is 0 Å². The van der Waals surface area contributed by atoms with Crippen molar-refractivity contribution < 1.29 is 18.3 Å². The minimum absolute atomic E-state index is 0.0378. The van der Waals surface area contributed by atoms with Crippen molar-refractivity contribution in [2.75, 3.05) is 0 Å². The smallest absolute Gasteiger partial charge is 0.408 e. The summed E-state index contributed by atoms with van der Waals surface area (Å²) in [4.78, 5) is 16.0. The molecule has 1 aliphatic rings. The Morgan fingerprint density at radius 2 is 1.75 bits per heavy atom. The maximum Gasteiger partial charge on any atom is 0.408 e. The van der Waals surface area contributed by atoms with E-state index in [1.165, 1.54) is 18.3 Å². The Morgan fingerprint density at radius 3 is 2.57 bits per heavy atom. The first-order chi connectivity index (χ1) is 13.6. The van der Waals surface area contributed by atoms with Crippen molar-refractivity contribution in [2.24, 2.45) is 0 Å². The van der Waals surface area contributed by atoms with Gasteiger partial charge in [-0.3, -0.25) is 4.98 Å². The SMILES string of the molecule is O=C1NC(c2cncc(C#Cc3ccccc3)c2)C(c2cccc(F)c2F)O1. The van der Waals surface area contributed by atoms with Gasteiger partial charge in [-0.25, -0.2) is 13.6 Å². The molecule has 1 saturated heterocycles. The topological polar surface area (TPSA) is 51.2 Å². The molecular weight excluding hydrogens is 362 g/mol. The summed E-state index contributed by atoms with van der Waals surface area (Å²) < 4.78 is 33.0. The molecule has 1 aliphatic heterocycles. The zero-order chi connectivity index (χ0) is 19.5. The Hall–Kier alpha value is -3.72. The number of benzene rings is 2. The summed E-state index contributed by atoms with van der Waals surface area (Å²) in [5.74, 6) is 4.00. The molecule has 1 amide bonds. The van der Waals surface area contributed by atoms with Gasteiger partial charge in [0.2, 0.25) is 0 Å². The van der Waals surface area contributed by atoms with Gasteiger partial charge in [0, 0.05) is 29.1 Å². The Bertz CT molecular complexity index is 1090. The molecule has 2 heterocycles. The average Bonchev–Trinajstić information content (AvgIpc) is 3.11. The first kappa shape index (κ1) is 17.7. The Kier molecular flexibility index (Phi) is 4.73. The normalized spacial score (nSPS) is 18.0. The number of cyclic esters (lactones) is 1. The van der Waals surface area contributed by atoms with Crippen LogP contribution in [0.3, 0.4) is 0 Å². The lowest BCUT2D eigenvalue weighted by Crippen LogP contribution is -2.20. The zero-order valence-electron chi connectivity index (χ0n) is 14.5. The van der Waals surface area contributed by atoms with E-state index in [4.69, 9.17) is 4.74 Å². The molecule has 1 fully saturated rings. The van der Waals surface area contributed by atoms with Crippen LogP contribution in [0.25, 0.3) is 0 Å². The van der Waals surface area contributed by atoms with E-state index in [0.29, 0.717) is 11.1 Å². The Morgan fingerprint density at radius 1 is 0.964 bits per heavy atom. The molecule has 1 aromatic heterocycles. The number of carbonyl (C=O) groups excluding carboxylic acids is 1. The molecule has 2 atom stereocenters. The molecule has 0 radical (unpaired) electrons. The van der Waals surface area contributed by atoms with E-state index in [9.17, 15) is 13.6 Å². The second-order valence-electron chi connectivity index (χ2n) is 6.21. The summed E-state index contributed by atoms with van der Waals surface area (Å²) >= 11 is 0. The summed E-state index contributed by atoms with van der Waals surface area (Å²) in [6, 6.07) is 14.3. The van der Waals surface area contributed by atoms with Gasteiger partial charge in [0.15, 0.2) is 17.7 Å². The third-order valence-corrected chi connectivity index (χ3v) is 4.34. The molecule has 0 saturated carbocycles. The molecule has 4 nitrogen and oxygen atoms in total. The fourth-order valence-electron chi connectivity index (χ4n) is 3.02. The van der Waals surface area contributed by atoms with Crippen molar-refractivity contribution in [2.45, 2.75) is 12.1 Å². The molecule has 0 spiro atoms. The van der Waals surface area contributed by atoms with Crippen LogP contribution in [0.4, 0.5) is 13.6 Å². The fourth-order valence-corrected chi connectivity index (χ4v) is 3.02. The molecule has 2 aromatic carbocycles. The van der Waals surface area contributed by atoms with Gasteiger partial charge < -0.3 is 10.1 Å². The lowest BCUT2D eigenvalue weighted by atomic mass is 9.96. The monoisotopic (exact) mass is 376 g/mol. The zero-order valence-corrected chi connectivity index (χ0v) is 14.5. The third-order valence-electron chi connectivity index (χ3n) is 4.34. The van der Waals surface area contributed by atoms with Crippen LogP contribution in [0.1, 0.15) is 34.4 Å². The van der Waals surface area contributed by atoms with E-state index in [0.717, 1.165) is 11.6 Å². The summed E-state index contributed by atoms with van der Waals surface area (Å²) in [5, 5.41) is 2.63. The number of nitrogens with zero attached hydrogens (tertiary/aromatic N) is 1. The first-order valence-corrected chi connectivity index (χ1v) is 8.55. The molecule has 4 rings (SSSR count). The summed E-state index contributed by atoms with van der Waals surface area (Å²) in [5.41, 5.74) is 2.02. The third kappa shape index (κ3) is 3.55. The summed E-state index contributed by atoms with van der Waals surface area (Å²) in [6.07, 6.45) is 1.41. The van der Waals surface area contributed by atoms with Crippen molar-refractivity contribution in [3.8, 4) is 11.8 Å². The lowest BCUT2D eigenvalue weighted by molar-refractivity contribution is 0.129. The van der Waals surface area contributed by atoms with E-state index < -0.39 is 29.9 Å². The quantitative estimate of drug-likeness (QED) is 0.679. The van der Waals surface area contributed by atoms with Crippen LogP contribution >= 0.6 is 0 Å². The lowest BCUT2D eigenvalue weighted by Gasteiger charge is -2.18. The minimum atomic E-state index is -1.04. The van der Waals surface area contributed by atoms with Crippen molar-refractivity contribution in [1.82, 2.24) is 10.3 Å². The number of aromatic nitrogens is 1. The van der Waals surface area contributed by atoms with Crippen LogP contribution in [-0.4, -0.2) is 11.1 Å². The molecule has 0 bridgehead atoms. The highest BCUT2D eigenvalue weighted by Crippen LogP contribution is 2.38. The van der Waals surface area contributed by atoms with Crippen molar-refractivity contribution in [3.05, 3.63) is 101 Å². The number of hydrogen-bond acceptors (Lipinski definition) is 3. The maximum absolute atomic E-state index is 14.2. The Labute approximate surface area is 160 Å². The van der Waals surface area contributed by atoms with E-state index >= 15 is 0 Å². The van der Waals surface area contributed by atoms with Crippen molar-refractivity contribution >= 4 is 6.09 Å². The number of hydrogen-bond donors (Lipinski definition) is 1. The first-order valence-electron chi connectivity index (χ1n) is 8.55. The summed E-state index contributed by atoms with van der Waals surface area (Å²) in [6.45, 7) is 0. The predicted molar refractivity (Wildman–Crippen MR) is 98.1 cm³/mol. The molecular formula is C22H14F2N2O2. The van der Waals surface area contributed by atoms with Crippen LogP contribution in [0.2, 0.25) is 0 Å².